The van der Waals surface area contributed by atoms with Crippen molar-refractivity contribution in [3.8, 4) is 5.69 Å². The lowest BCUT2D eigenvalue weighted by molar-refractivity contribution is 1.06. The molecule has 0 aliphatic heterocycles. The van der Waals surface area contributed by atoms with Crippen LogP contribution in [0.2, 0.25) is 0 Å². The van der Waals surface area contributed by atoms with E-state index >= 15 is 0 Å². The Morgan fingerprint density at radius 1 is 1.07 bits per heavy atom. The van der Waals surface area contributed by atoms with Gasteiger partial charge in [0.2, 0.25) is 0 Å². The van der Waals surface area contributed by atoms with Crippen LogP contribution in [-0.2, 0) is 0 Å². The summed E-state index contributed by atoms with van der Waals surface area (Å²) in [4.78, 5) is 0. The number of aryl methyl sites for hydroxylation is 2. The van der Waals surface area contributed by atoms with E-state index in [9.17, 15) is 0 Å². The lowest BCUT2D eigenvalue weighted by Crippen LogP contribution is -1.91. The van der Waals surface area contributed by atoms with Crippen LogP contribution in [0.1, 0.15) is 11.1 Å². The molecular weight excluding hydrogens is 238 g/mol. The highest BCUT2D eigenvalue weighted by Gasteiger charge is 2.01. The van der Waals surface area contributed by atoms with Gasteiger partial charge in [-0.3, -0.25) is 0 Å². The monoisotopic (exact) mass is 249 g/mol. The quantitative estimate of drug-likeness (QED) is 0.724. The minimum atomic E-state index is 1.13. The summed E-state index contributed by atoms with van der Waals surface area (Å²) in [6.45, 7) is 4.19. The molecular formula is C12H12BrN. The van der Waals surface area contributed by atoms with Crippen LogP contribution >= 0.6 is 15.9 Å². The predicted octanol–water partition coefficient (Wildman–Crippen LogP) is 3.86. The number of hydrogen-bond donors (Lipinski definition) is 0. The fraction of sp³-hybridized carbons (Fsp3) is 0.167. The lowest BCUT2D eigenvalue weighted by Gasteiger charge is -2.06. The molecule has 1 heterocycles. The van der Waals surface area contributed by atoms with Crippen LogP contribution in [0.15, 0.2) is 41.1 Å². The standard InChI is InChI=1S/C12H12BrN/c1-9-3-4-12(11(13)7-9)14-6-5-10(2)8-14/h3-8H,1-2H3. The number of rotatable bonds is 1. The van der Waals surface area contributed by atoms with Crippen molar-refractivity contribution in [1.82, 2.24) is 4.57 Å². The van der Waals surface area contributed by atoms with E-state index in [0.29, 0.717) is 0 Å². The minimum Gasteiger partial charge on any atom is -0.322 e. The highest BCUT2D eigenvalue weighted by Crippen LogP contribution is 2.22. The molecule has 2 heteroatoms. The maximum Gasteiger partial charge on any atom is 0.0591 e. The van der Waals surface area contributed by atoms with E-state index in [-0.39, 0.29) is 0 Å². The van der Waals surface area contributed by atoms with Crippen LogP contribution in [0.5, 0.6) is 0 Å². The van der Waals surface area contributed by atoms with Crippen molar-refractivity contribution in [3.05, 3.63) is 52.3 Å². The Morgan fingerprint density at radius 2 is 1.86 bits per heavy atom. The van der Waals surface area contributed by atoms with Gasteiger partial charge in [-0.2, -0.15) is 0 Å². The molecule has 2 rings (SSSR count). The van der Waals surface area contributed by atoms with E-state index in [4.69, 9.17) is 0 Å². The van der Waals surface area contributed by atoms with Crippen LogP contribution in [0.4, 0.5) is 0 Å². The van der Waals surface area contributed by atoms with Crippen LogP contribution in [0.25, 0.3) is 5.69 Å². The zero-order valence-electron chi connectivity index (χ0n) is 8.29. The summed E-state index contributed by atoms with van der Waals surface area (Å²) in [5.74, 6) is 0. The molecule has 0 fully saturated rings. The first-order valence-corrected chi connectivity index (χ1v) is 5.37. The Bertz CT molecular complexity index is 457. The second-order valence-electron chi connectivity index (χ2n) is 3.55. The van der Waals surface area contributed by atoms with Crippen molar-refractivity contribution in [3.63, 3.8) is 0 Å². The minimum absolute atomic E-state index is 1.13. The zero-order valence-corrected chi connectivity index (χ0v) is 9.88. The summed E-state index contributed by atoms with van der Waals surface area (Å²) in [5, 5.41) is 0. The number of hydrogen-bond acceptors (Lipinski definition) is 0. The molecule has 0 spiro atoms. The summed E-state index contributed by atoms with van der Waals surface area (Å²) < 4.78 is 3.26. The molecule has 0 bridgehead atoms. The Kier molecular flexibility index (Phi) is 2.46. The predicted molar refractivity (Wildman–Crippen MR) is 62.9 cm³/mol. The van der Waals surface area contributed by atoms with Gasteiger partial charge in [0.05, 0.1) is 5.69 Å². The summed E-state index contributed by atoms with van der Waals surface area (Å²) in [7, 11) is 0. The zero-order chi connectivity index (χ0) is 10.1. The van der Waals surface area contributed by atoms with Gasteiger partial charge in [-0.25, -0.2) is 0 Å². The molecule has 1 aromatic carbocycles. The van der Waals surface area contributed by atoms with E-state index < -0.39 is 0 Å². The molecule has 72 valence electrons. The molecule has 0 saturated heterocycles. The first-order chi connectivity index (χ1) is 6.66. The van der Waals surface area contributed by atoms with Crippen molar-refractivity contribution >= 4 is 15.9 Å². The molecule has 1 nitrogen and oxygen atoms in total. The Hall–Kier alpha value is -1.02. The molecule has 0 radical (unpaired) electrons. The Labute approximate surface area is 92.5 Å². The molecule has 0 aliphatic carbocycles. The van der Waals surface area contributed by atoms with E-state index in [1.165, 1.54) is 16.8 Å². The fourth-order valence-electron chi connectivity index (χ4n) is 1.47. The normalized spacial score (nSPS) is 10.5. The van der Waals surface area contributed by atoms with Gasteiger partial charge >= 0.3 is 0 Å². The van der Waals surface area contributed by atoms with Crippen molar-refractivity contribution < 1.29 is 0 Å². The third kappa shape index (κ3) is 1.75. The second-order valence-corrected chi connectivity index (χ2v) is 4.41. The third-order valence-electron chi connectivity index (χ3n) is 2.22. The molecule has 2 aromatic rings. The number of aromatic nitrogens is 1. The topological polar surface area (TPSA) is 4.93 Å². The molecule has 0 saturated carbocycles. The highest BCUT2D eigenvalue weighted by atomic mass is 79.9. The van der Waals surface area contributed by atoms with Gasteiger partial charge in [0, 0.05) is 16.9 Å². The number of nitrogens with zero attached hydrogens (tertiary/aromatic N) is 1. The van der Waals surface area contributed by atoms with Gasteiger partial charge in [0.25, 0.3) is 0 Å². The van der Waals surface area contributed by atoms with Gasteiger partial charge in [-0.1, -0.05) is 6.07 Å². The molecule has 14 heavy (non-hydrogen) atoms. The van der Waals surface area contributed by atoms with Crippen LogP contribution in [-0.4, -0.2) is 4.57 Å². The molecule has 0 atom stereocenters. The van der Waals surface area contributed by atoms with Crippen molar-refractivity contribution in [2.75, 3.05) is 0 Å². The second kappa shape index (κ2) is 3.62. The van der Waals surface area contributed by atoms with Gasteiger partial charge in [-0.15, -0.1) is 0 Å². The summed E-state index contributed by atoms with van der Waals surface area (Å²) in [6, 6.07) is 8.48. The third-order valence-corrected chi connectivity index (χ3v) is 2.86. The van der Waals surface area contributed by atoms with Gasteiger partial charge in [-0.05, 0) is 59.1 Å². The molecule has 0 unspecified atom stereocenters. The molecule has 0 N–H and O–H groups in total. The largest absolute Gasteiger partial charge is 0.322 e. The summed E-state index contributed by atoms with van der Waals surface area (Å²) >= 11 is 3.57. The van der Waals surface area contributed by atoms with Crippen molar-refractivity contribution in [1.29, 1.82) is 0 Å². The highest BCUT2D eigenvalue weighted by molar-refractivity contribution is 9.10. The Morgan fingerprint density at radius 3 is 2.43 bits per heavy atom. The molecule has 0 amide bonds. The fourth-order valence-corrected chi connectivity index (χ4v) is 2.17. The average Bonchev–Trinajstić information content (AvgIpc) is 2.51. The van der Waals surface area contributed by atoms with Gasteiger partial charge in [0.1, 0.15) is 0 Å². The van der Waals surface area contributed by atoms with E-state index in [0.717, 1.165) is 4.47 Å². The number of halogens is 1. The maximum absolute atomic E-state index is 3.57. The van der Waals surface area contributed by atoms with Crippen molar-refractivity contribution in [2.24, 2.45) is 0 Å². The van der Waals surface area contributed by atoms with Crippen LogP contribution in [0.3, 0.4) is 0 Å². The van der Waals surface area contributed by atoms with Crippen LogP contribution < -0.4 is 0 Å². The van der Waals surface area contributed by atoms with E-state index in [1.807, 2.05) is 0 Å². The van der Waals surface area contributed by atoms with Crippen molar-refractivity contribution in [2.45, 2.75) is 13.8 Å². The Balaban J connectivity index is 2.52. The van der Waals surface area contributed by atoms with E-state index in [1.54, 1.807) is 0 Å². The van der Waals surface area contributed by atoms with E-state index in [2.05, 4.69) is 71.0 Å². The smallest absolute Gasteiger partial charge is 0.0591 e. The first kappa shape index (κ1) is 9.53. The lowest BCUT2D eigenvalue weighted by atomic mass is 10.2. The molecule has 0 aliphatic rings. The SMILES string of the molecule is Cc1ccc(-n2ccc(C)c2)c(Br)c1. The van der Waals surface area contributed by atoms with Gasteiger partial charge < -0.3 is 4.57 Å². The number of benzene rings is 1. The van der Waals surface area contributed by atoms with Gasteiger partial charge in [0.15, 0.2) is 0 Å². The summed E-state index contributed by atoms with van der Waals surface area (Å²) in [5.41, 5.74) is 3.73. The van der Waals surface area contributed by atoms with Crippen LogP contribution in [0, 0.1) is 13.8 Å². The summed E-state index contributed by atoms with van der Waals surface area (Å²) in [6.07, 6.45) is 4.19. The first-order valence-electron chi connectivity index (χ1n) is 4.58. The maximum atomic E-state index is 3.57. The molecule has 1 aromatic heterocycles. The average molecular weight is 250 g/mol.